The number of nitrogens with zero attached hydrogens (tertiary/aromatic N) is 3. The summed E-state index contributed by atoms with van der Waals surface area (Å²) in [6.07, 6.45) is 7.93. The predicted molar refractivity (Wildman–Crippen MR) is 83.6 cm³/mol. The molecular formula is C12H21N5O2S. The summed E-state index contributed by atoms with van der Waals surface area (Å²) in [4.78, 5) is 18.4. The molecule has 0 aliphatic rings. The van der Waals surface area contributed by atoms with Crippen molar-refractivity contribution in [1.29, 1.82) is 0 Å². The smallest absolute Gasteiger partial charge is 0.353 e. The first kappa shape index (κ1) is 16.5. The van der Waals surface area contributed by atoms with E-state index in [2.05, 4.69) is 26.9 Å². The van der Waals surface area contributed by atoms with Crippen LogP contribution >= 0.6 is 11.8 Å². The standard InChI is InChI=1S/C12H21N5O2S/c1-13-11-10(17(18)19)12(16-9-15-11)14-7-5-3-4-6-8-20-2/h9H,3-8H2,1-2H3,(H2,13,14,15,16). The maximum atomic E-state index is 11.1. The summed E-state index contributed by atoms with van der Waals surface area (Å²) in [7, 11) is 1.60. The fourth-order valence-corrected chi connectivity index (χ4v) is 2.29. The van der Waals surface area contributed by atoms with Crippen LogP contribution < -0.4 is 10.6 Å². The fourth-order valence-electron chi connectivity index (χ4n) is 1.80. The summed E-state index contributed by atoms with van der Waals surface area (Å²) >= 11 is 1.86. The first-order valence-corrected chi connectivity index (χ1v) is 8.00. The monoisotopic (exact) mass is 299 g/mol. The van der Waals surface area contributed by atoms with Gasteiger partial charge in [-0.2, -0.15) is 11.8 Å². The van der Waals surface area contributed by atoms with E-state index in [0.29, 0.717) is 6.54 Å². The lowest BCUT2D eigenvalue weighted by Crippen LogP contribution is -2.09. The Kier molecular flexibility index (Phi) is 7.71. The van der Waals surface area contributed by atoms with Crippen LogP contribution in [0, 0.1) is 10.1 Å². The van der Waals surface area contributed by atoms with Crippen molar-refractivity contribution in [3.8, 4) is 0 Å². The highest BCUT2D eigenvalue weighted by Gasteiger charge is 2.21. The second-order valence-electron chi connectivity index (χ2n) is 4.26. The van der Waals surface area contributed by atoms with E-state index < -0.39 is 4.92 Å². The number of unbranched alkanes of at least 4 members (excludes halogenated alkanes) is 3. The maximum absolute atomic E-state index is 11.1. The third-order valence-electron chi connectivity index (χ3n) is 2.81. The van der Waals surface area contributed by atoms with E-state index in [1.807, 2.05) is 11.8 Å². The molecular weight excluding hydrogens is 278 g/mol. The van der Waals surface area contributed by atoms with E-state index in [0.717, 1.165) is 12.8 Å². The number of hydrogen-bond donors (Lipinski definition) is 2. The van der Waals surface area contributed by atoms with Gasteiger partial charge in [0, 0.05) is 13.6 Å². The summed E-state index contributed by atoms with van der Waals surface area (Å²) in [6, 6.07) is 0. The zero-order chi connectivity index (χ0) is 14.8. The van der Waals surface area contributed by atoms with Crippen LogP contribution in [0.5, 0.6) is 0 Å². The van der Waals surface area contributed by atoms with E-state index in [1.54, 1.807) is 7.05 Å². The van der Waals surface area contributed by atoms with Crippen molar-refractivity contribution in [3.05, 3.63) is 16.4 Å². The Hall–Kier alpha value is -1.57. The topological polar surface area (TPSA) is 93.0 Å². The van der Waals surface area contributed by atoms with Crippen molar-refractivity contribution in [2.24, 2.45) is 0 Å². The summed E-state index contributed by atoms with van der Waals surface area (Å²) in [5.41, 5.74) is -0.0996. The molecule has 0 radical (unpaired) electrons. The van der Waals surface area contributed by atoms with Crippen molar-refractivity contribution in [1.82, 2.24) is 9.97 Å². The fraction of sp³-hybridized carbons (Fsp3) is 0.667. The van der Waals surface area contributed by atoms with Gasteiger partial charge in [-0.15, -0.1) is 0 Å². The van der Waals surface area contributed by atoms with Gasteiger partial charge < -0.3 is 10.6 Å². The van der Waals surface area contributed by atoms with Crippen LogP contribution in [0.25, 0.3) is 0 Å². The Bertz CT molecular complexity index is 430. The molecule has 0 fully saturated rings. The highest BCUT2D eigenvalue weighted by molar-refractivity contribution is 7.98. The van der Waals surface area contributed by atoms with Gasteiger partial charge in [0.15, 0.2) is 0 Å². The molecule has 1 aromatic heterocycles. The molecule has 0 atom stereocenters. The minimum atomic E-state index is -0.466. The zero-order valence-corrected chi connectivity index (χ0v) is 12.7. The molecule has 7 nitrogen and oxygen atoms in total. The molecule has 8 heteroatoms. The normalized spacial score (nSPS) is 10.3. The van der Waals surface area contributed by atoms with Crippen molar-refractivity contribution in [3.63, 3.8) is 0 Å². The van der Waals surface area contributed by atoms with Crippen molar-refractivity contribution in [2.75, 3.05) is 36.2 Å². The van der Waals surface area contributed by atoms with Gasteiger partial charge in [-0.05, 0) is 24.9 Å². The summed E-state index contributed by atoms with van der Waals surface area (Å²) in [5.74, 6) is 1.70. The van der Waals surface area contributed by atoms with Crippen LogP contribution in [0.4, 0.5) is 17.3 Å². The quantitative estimate of drug-likeness (QED) is 0.390. The second kappa shape index (κ2) is 9.35. The Balaban J connectivity index is 2.45. The third-order valence-corrected chi connectivity index (χ3v) is 3.51. The first-order valence-electron chi connectivity index (χ1n) is 6.60. The minimum absolute atomic E-state index is 0.0996. The molecule has 0 aromatic carbocycles. The molecule has 0 saturated carbocycles. The van der Waals surface area contributed by atoms with E-state index in [4.69, 9.17) is 0 Å². The van der Waals surface area contributed by atoms with E-state index >= 15 is 0 Å². The van der Waals surface area contributed by atoms with Crippen LogP contribution in [-0.2, 0) is 0 Å². The summed E-state index contributed by atoms with van der Waals surface area (Å²) in [5, 5.41) is 16.8. The molecule has 1 heterocycles. The van der Waals surface area contributed by atoms with Gasteiger partial charge in [-0.25, -0.2) is 9.97 Å². The molecule has 0 saturated heterocycles. The highest BCUT2D eigenvalue weighted by atomic mass is 32.2. The number of anilines is 2. The molecule has 0 bridgehead atoms. The number of aromatic nitrogens is 2. The summed E-state index contributed by atoms with van der Waals surface area (Å²) < 4.78 is 0. The molecule has 1 rings (SSSR count). The van der Waals surface area contributed by atoms with Crippen LogP contribution in [0.1, 0.15) is 25.7 Å². The van der Waals surface area contributed by atoms with Gasteiger partial charge in [-0.1, -0.05) is 12.8 Å². The van der Waals surface area contributed by atoms with Crippen LogP contribution in [0.3, 0.4) is 0 Å². The number of hydrogen-bond acceptors (Lipinski definition) is 7. The Morgan fingerprint density at radius 3 is 2.60 bits per heavy atom. The lowest BCUT2D eigenvalue weighted by Gasteiger charge is -2.08. The van der Waals surface area contributed by atoms with Crippen molar-refractivity contribution >= 4 is 29.1 Å². The Morgan fingerprint density at radius 2 is 1.95 bits per heavy atom. The highest BCUT2D eigenvalue weighted by Crippen LogP contribution is 2.28. The third kappa shape index (κ3) is 5.20. The summed E-state index contributed by atoms with van der Waals surface area (Å²) in [6.45, 7) is 0.681. The van der Waals surface area contributed by atoms with Gasteiger partial charge in [0.1, 0.15) is 6.33 Å². The van der Waals surface area contributed by atoms with Crippen LogP contribution in [0.15, 0.2) is 6.33 Å². The molecule has 20 heavy (non-hydrogen) atoms. The lowest BCUT2D eigenvalue weighted by atomic mass is 10.2. The SMILES string of the molecule is CNc1ncnc(NCCCCCCSC)c1[N+](=O)[O-]. The molecule has 0 aliphatic heterocycles. The Labute approximate surface area is 123 Å². The Morgan fingerprint density at radius 1 is 1.25 bits per heavy atom. The number of thioether (sulfide) groups is 1. The van der Waals surface area contributed by atoms with Gasteiger partial charge in [0.05, 0.1) is 4.92 Å². The number of nitrogens with one attached hydrogen (secondary N) is 2. The molecule has 2 N–H and O–H groups in total. The molecule has 1 aromatic rings. The van der Waals surface area contributed by atoms with Crippen molar-refractivity contribution in [2.45, 2.75) is 25.7 Å². The van der Waals surface area contributed by atoms with Gasteiger partial charge in [0.25, 0.3) is 0 Å². The largest absolute Gasteiger partial charge is 0.367 e. The van der Waals surface area contributed by atoms with Gasteiger partial charge in [0.2, 0.25) is 11.6 Å². The first-order chi connectivity index (χ1) is 9.70. The van der Waals surface area contributed by atoms with Crippen molar-refractivity contribution < 1.29 is 4.92 Å². The molecule has 112 valence electrons. The van der Waals surface area contributed by atoms with E-state index in [9.17, 15) is 10.1 Å². The van der Waals surface area contributed by atoms with Gasteiger partial charge >= 0.3 is 5.69 Å². The van der Waals surface area contributed by atoms with Crippen LogP contribution in [0.2, 0.25) is 0 Å². The van der Waals surface area contributed by atoms with Crippen LogP contribution in [-0.4, -0.2) is 40.5 Å². The average molecular weight is 299 g/mol. The van der Waals surface area contributed by atoms with Gasteiger partial charge in [-0.3, -0.25) is 10.1 Å². The second-order valence-corrected chi connectivity index (χ2v) is 5.25. The molecule has 0 aliphatic carbocycles. The maximum Gasteiger partial charge on any atom is 0.353 e. The minimum Gasteiger partial charge on any atom is -0.367 e. The molecule has 0 unspecified atom stereocenters. The lowest BCUT2D eigenvalue weighted by molar-refractivity contribution is -0.383. The predicted octanol–water partition coefficient (Wildman–Crippen LogP) is 2.76. The number of nitro groups is 1. The van der Waals surface area contributed by atoms with E-state index in [1.165, 1.54) is 24.9 Å². The molecule has 0 spiro atoms. The van der Waals surface area contributed by atoms with E-state index in [-0.39, 0.29) is 17.3 Å². The average Bonchev–Trinajstić information content (AvgIpc) is 2.45. The molecule has 0 amide bonds. The number of rotatable bonds is 10. The zero-order valence-electron chi connectivity index (χ0n) is 11.9.